The molecule has 6 heteroatoms. The smallest absolute Gasteiger partial charge is 0.319 e. The molecular weight excluding hydrogens is 325 g/mol. The lowest BCUT2D eigenvalue weighted by Crippen LogP contribution is -2.31. The number of benzene rings is 2. The Labute approximate surface area is 144 Å². The number of hydrogen-bond acceptors (Lipinski definition) is 4. The number of Topliss-reactive ketones (excluding diaryl/α,β-unsaturated/α-hetero) is 1. The van der Waals surface area contributed by atoms with Crippen LogP contribution in [0.2, 0.25) is 0 Å². The van der Waals surface area contributed by atoms with E-state index in [0.717, 1.165) is 0 Å². The van der Waals surface area contributed by atoms with Crippen LogP contribution in [0.1, 0.15) is 18.5 Å². The van der Waals surface area contributed by atoms with Gasteiger partial charge in [0.15, 0.2) is 0 Å². The molecule has 5 nitrogen and oxygen atoms in total. The molecule has 0 aromatic heterocycles. The molecule has 1 aliphatic heterocycles. The summed E-state index contributed by atoms with van der Waals surface area (Å²) in [4.78, 5) is 38.5. The molecule has 2 aromatic carbocycles. The first kappa shape index (κ1) is 16.8. The lowest BCUT2D eigenvalue weighted by Gasteiger charge is -2.27. The average Bonchev–Trinajstić information content (AvgIpc) is 2.88. The van der Waals surface area contributed by atoms with E-state index in [1.807, 2.05) is 0 Å². The van der Waals surface area contributed by atoms with E-state index in [-0.39, 0.29) is 12.2 Å². The second kappa shape index (κ2) is 6.84. The quantitative estimate of drug-likeness (QED) is 0.487. The van der Waals surface area contributed by atoms with Gasteiger partial charge < -0.3 is 4.74 Å². The van der Waals surface area contributed by atoms with Crippen molar-refractivity contribution >= 4 is 23.3 Å². The van der Waals surface area contributed by atoms with Crippen LogP contribution in [0.25, 0.3) is 0 Å². The Bertz CT molecular complexity index is 821. The van der Waals surface area contributed by atoms with Gasteiger partial charge in [-0.25, -0.2) is 4.39 Å². The van der Waals surface area contributed by atoms with Crippen molar-refractivity contribution < 1.29 is 23.5 Å². The number of para-hydroxylation sites is 1. The van der Waals surface area contributed by atoms with Crippen LogP contribution in [0.15, 0.2) is 54.6 Å². The number of amides is 1. The molecule has 0 radical (unpaired) electrons. The summed E-state index contributed by atoms with van der Waals surface area (Å²) in [5.41, 5.74) is 0.518. The Morgan fingerprint density at radius 3 is 2.36 bits per heavy atom. The molecule has 2 atom stereocenters. The predicted molar refractivity (Wildman–Crippen MR) is 88.2 cm³/mol. The third kappa shape index (κ3) is 2.91. The SMILES string of the molecule is CCOC(=O)C1C(=O)C(=O)N(c2ccccc2)C1c1ccccc1F. The van der Waals surface area contributed by atoms with E-state index in [1.165, 1.54) is 23.1 Å². The number of ketones is 1. The van der Waals surface area contributed by atoms with Gasteiger partial charge in [-0.1, -0.05) is 36.4 Å². The van der Waals surface area contributed by atoms with Gasteiger partial charge in [-0.05, 0) is 25.1 Å². The number of hydrogen-bond donors (Lipinski definition) is 0. The van der Waals surface area contributed by atoms with E-state index in [4.69, 9.17) is 4.74 Å². The zero-order valence-electron chi connectivity index (χ0n) is 13.5. The van der Waals surface area contributed by atoms with Crippen molar-refractivity contribution in [2.24, 2.45) is 5.92 Å². The van der Waals surface area contributed by atoms with Crippen molar-refractivity contribution in [3.05, 3.63) is 66.0 Å². The molecule has 0 bridgehead atoms. The molecule has 3 rings (SSSR count). The number of anilines is 1. The van der Waals surface area contributed by atoms with Crippen LogP contribution in [0.3, 0.4) is 0 Å². The number of esters is 1. The van der Waals surface area contributed by atoms with E-state index in [2.05, 4.69) is 0 Å². The maximum Gasteiger partial charge on any atom is 0.319 e. The number of rotatable bonds is 4. The molecule has 0 N–H and O–H groups in total. The summed E-state index contributed by atoms with van der Waals surface area (Å²) in [7, 11) is 0. The Kier molecular flexibility index (Phi) is 4.61. The van der Waals surface area contributed by atoms with Gasteiger partial charge in [0.05, 0.1) is 12.6 Å². The summed E-state index contributed by atoms with van der Waals surface area (Å²) in [6.45, 7) is 1.67. The van der Waals surface area contributed by atoms with Crippen LogP contribution in [0.5, 0.6) is 0 Å². The van der Waals surface area contributed by atoms with E-state index in [1.54, 1.807) is 43.3 Å². The van der Waals surface area contributed by atoms with Gasteiger partial charge in [-0.2, -0.15) is 0 Å². The Balaban J connectivity index is 2.16. The molecule has 128 valence electrons. The standard InChI is InChI=1S/C19H16FNO4/c1-2-25-19(24)15-16(13-10-6-7-11-14(13)20)21(18(23)17(15)22)12-8-4-3-5-9-12/h3-11,15-16H,2H2,1H3. The van der Waals surface area contributed by atoms with Gasteiger partial charge in [0.2, 0.25) is 5.78 Å². The molecular formula is C19H16FNO4. The summed E-state index contributed by atoms with van der Waals surface area (Å²) >= 11 is 0. The van der Waals surface area contributed by atoms with Crippen LogP contribution in [0.4, 0.5) is 10.1 Å². The predicted octanol–water partition coefficient (Wildman–Crippen LogP) is 2.66. The minimum atomic E-state index is -1.40. The van der Waals surface area contributed by atoms with Gasteiger partial charge in [-0.3, -0.25) is 19.3 Å². The van der Waals surface area contributed by atoms with E-state index in [0.29, 0.717) is 5.69 Å². The minimum absolute atomic E-state index is 0.0616. The minimum Gasteiger partial charge on any atom is -0.465 e. The van der Waals surface area contributed by atoms with Crippen LogP contribution in [-0.4, -0.2) is 24.3 Å². The molecule has 0 spiro atoms. The van der Waals surface area contributed by atoms with Gasteiger partial charge in [0, 0.05) is 11.3 Å². The topological polar surface area (TPSA) is 63.7 Å². The summed E-state index contributed by atoms with van der Waals surface area (Å²) in [6, 6.07) is 13.1. The van der Waals surface area contributed by atoms with Crippen LogP contribution in [-0.2, 0) is 19.1 Å². The van der Waals surface area contributed by atoms with Crippen molar-refractivity contribution in [1.29, 1.82) is 0 Å². The fraction of sp³-hybridized carbons (Fsp3) is 0.211. The molecule has 1 amide bonds. The molecule has 25 heavy (non-hydrogen) atoms. The molecule has 1 fully saturated rings. The summed E-state index contributed by atoms with van der Waals surface area (Å²) in [5, 5.41) is 0. The third-order valence-electron chi connectivity index (χ3n) is 4.10. The lowest BCUT2D eigenvalue weighted by atomic mass is 9.92. The number of ether oxygens (including phenoxy) is 1. The highest BCUT2D eigenvalue weighted by Crippen LogP contribution is 2.41. The zero-order valence-corrected chi connectivity index (χ0v) is 13.5. The van der Waals surface area contributed by atoms with Gasteiger partial charge in [0.1, 0.15) is 11.7 Å². The fourth-order valence-electron chi connectivity index (χ4n) is 3.04. The first-order chi connectivity index (χ1) is 12.1. The van der Waals surface area contributed by atoms with Crippen molar-refractivity contribution in [3.63, 3.8) is 0 Å². The Morgan fingerprint density at radius 2 is 1.72 bits per heavy atom. The highest BCUT2D eigenvalue weighted by atomic mass is 19.1. The van der Waals surface area contributed by atoms with Crippen molar-refractivity contribution in [2.75, 3.05) is 11.5 Å². The highest BCUT2D eigenvalue weighted by Gasteiger charge is 2.53. The summed E-state index contributed by atoms with van der Waals surface area (Å²) < 4.78 is 19.4. The fourth-order valence-corrected chi connectivity index (χ4v) is 3.04. The summed E-state index contributed by atoms with van der Waals surface area (Å²) in [5.74, 6) is -4.56. The summed E-state index contributed by atoms with van der Waals surface area (Å²) in [6.07, 6.45) is 0. The van der Waals surface area contributed by atoms with E-state index in [9.17, 15) is 18.8 Å². The largest absolute Gasteiger partial charge is 0.465 e. The monoisotopic (exact) mass is 341 g/mol. The van der Waals surface area contributed by atoms with Crippen molar-refractivity contribution in [1.82, 2.24) is 0 Å². The molecule has 1 heterocycles. The molecule has 2 aromatic rings. The van der Waals surface area contributed by atoms with Crippen LogP contribution < -0.4 is 4.90 Å². The number of nitrogens with zero attached hydrogens (tertiary/aromatic N) is 1. The van der Waals surface area contributed by atoms with E-state index < -0.39 is 35.4 Å². The maximum absolute atomic E-state index is 14.4. The Hall–Kier alpha value is -3.02. The first-order valence-corrected chi connectivity index (χ1v) is 7.89. The van der Waals surface area contributed by atoms with Crippen LogP contribution >= 0.6 is 0 Å². The molecule has 0 aliphatic carbocycles. The molecule has 0 saturated carbocycles. The first-order valence-electron chi connectivity index (χ1n) is 7.89. The highest BCUT2D eigenvalue weighted by molar-refractivity contribution is 6.47. The lowest BCUT2D eigenvalue weighted by molar-refractivity contribution is -0.152. The van der Waals surface area contributed by atoms with E-state index >= 15 is 0 Å². The van der Waals surface area contributed by atoms with Gasteiger partial charge in [-0.15, -0.1) is 0 Å². The third-order valence-corrected chi connectivity index (χ3v) is 4.10. The van der Waals surface area contributed by atoms with Gasteiger partial charge >= 0.3 is 5.97 Å². The van der Waals surface area contributed by atoms with Crippen molar-refractivity contribution in [2.45, 2.75) is 13.0 Å². The molecule has 1 aliphatic rings. The molecule has 1 saturated heterocycles. The van der Waals surface area contributed by atoms with Crippen molar-refractivity contribution in [3.8, 4) is 0 Å². The molecule has 2 unspecified atom stereocenters. The number of carbonyl (C=O) groups excluding carboxylic acids is 3. The normalized spacial score (nSPS) is 20.0. The number of halogens is 1. The maximum atomic E-state index is 14.4. The zero-order chi connectivity index (χ0) is 18.0. The Morgan fingerprint density at radius 1 is 1.08 bits per heavy atom. The second-order valence-corrected chi connectivity index (χ2v) is 5.57. The van der Waals surface area contributed by atoms with Gasteiger partial charge in [0.25, 0.3) is 5.91 Å². The average molecular weight is 341 g/mol. The second-order valence-electron chi connectivity index (χ2n) is 5.57. The van der Waals surface area contributed by atoms with Crippen LogP contribution in [0, 0.1) is 11.7 Å². The number of carbonyl (C=O) groups is 3.